The van der Waals surface area contributed by atoms with Gasteiger partial charge in [-0.3, -0.25) is 4.79 Å². The highest BCUT2D eigenvalue weighted by Crippen LogP contribution is 2.22. The van der Waals surface area contributed by atoms with Crippen LogP contribution in [-0.4, -0.2) is 31.9 Å². The number of ether oxygens (including phenoxy) is 1. The highest BCUT2D eigenvalue weighted by Gasteiger charge is 2.30. The molecule has 1 aromatic carbocycles. The Hall–Kier alpha value is -1.76. The number of benzene rings is 1. The zero-order valence-electron chi connectivity index (χ0n) is 12.8. The summed E-state index contributed by atoms with van der Waals surface area (Å²) >= 11 is 0. The molecular formula is C16H21F3N2O2. The molecule has 1 heterocycles. The lowest BCUT2D eigenvalue weighted by Crippen LogP contribution is -2.33. The summed E-state index contributed by atoms with van der Waals surface area (Å²) in [7, 11) is 0. The van der Waals surface area contributed by atoms with Crippen LogP contribution in [0.3, 0.4) is 0 Å². The van der Waals surface area contributed by atoms with Gasteiger partial charge in [-0.1, -0.05) is 12.1 Å². The lowest BCUT2D eigenvalue weighted by molar-refractivity contribution is -0.274. The van der Waals surface area contributed by atoms with Crippen LogP contribution in [0.25, 0.3) is 0 Å². The molecule has 1 aliphatic heterocycles. The zero-order valence-corrected chi connectivity index (χ0v) is 12.8. The van der Waals surface area contributed by atoms with E-state index in [4.69, 9.17) is 0 Å². The van der Waals surface area contributed by atoms with Gasteiger partial charge in [0.1, 0.15) is 5.75 Å². The van der Waals surface area contributed by atoms with Gasteiger partial charge in [-0.2, -0.15) is 0 Å². The third-order valence-electron chi connectivity index (χ3n) is 3.80. The lowest BCUT2D eigenvalue weighted by Gasteiger charge is -2.22. The summed E-state index contributed by atoms with van der Waals surface area (Å²) < 4.78 is 39.9. The number of nitrogens with one attached hydrogen (secondary N) is 2. The Morgan fingerprint density at radius 2 is 2.04 bits per heavy atom. The highest BCUT2D eigenvalue weighted by atomic mass is 19.4. The van der Waals surface area contributed by atoms with Crippen LogP contribution in [-0.2, 0) is 11.2 Å². The number of amides is 1. The van der Waals surface area contributed by atoms with Crippen molar-refractivity contribution in [3.05, 3.63) is 29.8 Å². The molecule has 1 unspecified atom stereocenters. The number of alkyl halides is 3. The fraction of sp³-hybridized carbons (Fsp3) is 0.562. The van der Waals surface area contributed by atoms with Crippen LogP contribution >= 0.6 is 0 Å². The Morgan fingerprint density at radius 3 is 2.65 bits per heavy atom. The second kappa shape index (κ2) is 8.19. The Balaban J connectivity index is 1.70. The fourth-order valence-electron chi connectivity index (χ4n) is 2.64. The lowest BCUT2D eigenvalue weighted by atomic mass is 9.96. The molecule has 1 fully saturated rings. The first-order valence-corrected chi connectivity index (χ1v) is 7.74. The van der Waals surface area contributed by atoms with Crippen LogP contribution in [0, 0.1) is 5.92 Å². The van der Waals surface area contributed by atoms with Crippen molar-refractivity contribution in [2.45, 2.75) is 32.0 Å². The Morgan fingerprint density at radius 1 is 1.30 bits per heavy atom. The first kappa shape index (κ1) is 17.6. The van der Waals surface area contributed by atoms with Gasteiger partial charge < -0.3 is 15.4 Å². The molecule has 1 amide bonds. The van der Waals surface area contributed by atoms with Crippen LogP contribution in [0.4, 0.5) is 13.2 Å². The molecule has 1 saturated heterocycles. The minimum Gasteiger partial charge on any atom is -0.406 e. The van der Waals surface area contributed by atoms with Crippen molar-refractivity contribution in [2.75, 3.05) is 19.6 Å². The van der Waals surface area contributed by atoms with E-state index < -0.39 is 6.36 Å². The van der Waals surface area contributed by atoms with Gasteiger partial charge in [0.25, 0.3) is 0 Å². The summed E-state index contributed by atoms with van der Waals surface area (Å²) in [5.74, 6) is 0.188. The molecule has 7 heteroatoms. The molecule has 0 aliphatic carbocycles. The molecule has 1 aromatic rings. The highest BCUT2D eigenvalue weighted by molar-refractivity contribution is 5.78. The van der Waals surface area contributed by atoms with Crippen molar-refractivity contribution in [3.63, 3.8) is 0 Å². The second-order valence-electron chi connectivity index (χ2n) is 5.72. The largest absolute Gasteiger partial charge is 0.573 e. The maximum Gasteiger partial charge on any atom is 0.573 e. The van der Waals surface area contributed by atoms with Crippen molar-refractivity contribution in [1.82, 2.24) is 10.6 Å². The first-order chi connectivity index (χ1) is 10.9. The molecule has 128 valence electrons. The minimum absolute atomic E-state index is 0.127. The molecule has 0 bridgehead atoms. The molecular weight excluding hydrogens is 309 g/mol. The molecule has 2 rings (SSSR count). The van der Waals surface area contributed by atoms with Crippen molar-refractivity contribution >= 4 is 5.91 Å². The maximum atomic E-state index is 12.1. The average Bonchev–Trinajstić information content (AvgIpc) is 2.49. The van der Waals surface area contributed by atoms with Gasteiger partial charge in [0.05, 0.1) is 6.42 Å². The first-order valence-electron chi connectivity index (χ1n) is 7.74. The molecule has 1 aliphatic rings. The van der Waals surface area contributed by atoms with E-state index in [1.165, 1.54) is 37.1 Å². The molecule has 0 aromatic heterocycles. The maximum absolute atomic E-state index is 12.1. The summed E-state index contributed by atoms with van der Waals surface area (Å²) in [6, 6.07) is 5.35. The number of carbonyl (C=O) groups is 1. The van der Waals surface area contributed by atoms with E-state index in [-0.39, 0.29) is 18.1 Å². The summed E-state index contributed by atoms with van der Waals surface area (Å²) in [6.45, 7) is 2.69. The Kier molecular flexibility index (Phi) is 6.27. The molecule has 4 nitrogen and oxygen atoms in total. The van der Waals surface area contributed by atoms with Gasteiger partial charge in [-0.15, -0.1) is 13.2 Å². The number of halogens is 3. The van der Waals surface area contributed by atoms with Gasteiger partial charge in [-0.25, -0.2) is 0 Å². The van der Waals surface area contributed by atoms with E-state index in [0.717, 1.165) is 19.5 Å². The molecule has 0 spiro atoms. The van der Waals surface area contributed by atoms with Crippen LogP contribution < -0.4 is 15.4 Å². The second-order valence-corrected chi connectivity index (χ2v) is 5.72. The van der Waals surface area contributed by atoms with Crippen LogP contribution in [0.1, 0.15) is 24.8 Å². The van der Waals surface area contributed by atoms with Gasteiger partial charge in [0, 0.05) is 6.54 Å². The molecule has 2 N–H and O–H groups in total. The van der Waals surface area contributed by atoms with Crippen LogP contribution in [0.2, 0.25) is 0 Å². The molecule has 0 radical (unpaired) electrons. The third-order valence-corrected chi connectivity index (χ3v) is 3.80. The van der Waals surface area contributed by atoms with E-state index in [2.05, 4.69) is 15.4 Å². The van der Waals surface area contributed by atoms with Crippen molar-refractivity contribution < 1.29 is 22.7 Å². The molecule has 0 saturated carbocycles. The fourth-order valence-corrected chi connectivity index (χ4v) is 2.64. The van der Waals surface area contributed by atoms with Gasteiger partial charge in [0.2, 0.25) is 5.91 Å². The quantitative estimate of drug-likeness (QED) is 0.843. The Bertz CT molecular complexity index is 497. The van der Waals surface area contributed by atoms with Gasteiger partial charge >= 0.3 is 6.36 Å². The van der Waals surface area contributed by atoms with Crippen molar-refractivity contribution in [3.8, 4) is 5.75 Å². The van der Waals surface area contributed by atoms with Gasteiger partial charge in [-0.05, 0) is 56.0 Å². The van der Waals surface area contributed by atoms with Crippen LogP contribution in [0.5, 0.6) is 5.75 Å². The third kappa shape index (κ3) is 6.90. The topological polar surface area (TPSA) is 50.4 Å². The van der Waals surface area contributed by atoms with Crippen molar-refractivity contribution in [1.29, 1.82) is 0 Å². The number of hydrogen-bond acceptors (Lipinski definition) is 3. The smallest absolute Gasteiger partial charge is 0.406 e. The summed E-state index contributed by atoms with van der Waals surface area (Å²) in [4.78, 5) is 11.8. The average molecular weight is 330 g/mol. The minimum atomic E-state index is -4.70. The normalized spacial score (nSPS) is 18.5. The number of hydrogen-bond donors (Lipinski definition) is 2. The monoisotopic (exact) mass is 330 g/mol. The van der Waals surface area contributed by atoms with Crippen molar-refractivity contribution in [2.24, 2.45) is 5.92 Å². The summed E-state index contributed by atoms with van der Waals surface area (Å²) in [6.07, 6.45) is -1.26. The molecule has 1 atom stereocenters. The predicted octanol–water partition coefficient (Wildman–Crippen LogP) is 2.63. The van der Waals surface area contributed by atoms with Crippen LogP contribution in [0.15, 0.2) is 24.3 Å². The van der Waals surface area contributed by atoms with E-state index in [9.17, 15) is 18.0 Å². The van der Waals surface area contributed by atoms with Gasteiger partial charge in [0.15, 0.2) is 0 Å². The van der Waals surface area contributed by atoms with E-state index in [0.29, 0.717) is 18.0 Å². The molecule has 23 heavy (non-hydrogen) atoms. The predicted molar refractivity (Wildman–Crippen MR) is 80.0 cm³/mol. The van der Waals surface area contributed by atoms with E-state index in [1.807, 2.05) is 0 Å². The summed E-state index contributed by atoms with van der Waals surface area (Å²) in [5, 5.41) is 6.18. The van der Waals surface area contributed by atoms with E-state index >= 15 is 0 Å². The number of rotatable bonds is 6. The zero-order chi connectivity index (χ0) is 16.7. The Labute approximate surface area is 133 Å². The summed E-state index contributed by atoms with van der Waals surface area (Å²) in [5.41, 5.74) is 0.649. The standard InChI is InChI=1S/C16H21F3N2O2/c17-16(18,19)23-14-5-3-12(4-6-14)10-15(22)21-9-7-13-2-1-8-20-11-13/h3-6,13,20H,1-2,7-11H2,(H,21,22). The number of piperidine rings is 1. The SMILES string of the molecule is O=C(Cc1ccc(OC(F)(F)F)cc1)NCCC1CCCNC1. The number of carbonyl (C=O) groups excluding carboxylic acids is 1. The van der Waals surface area contributed by atoms with E-state index in [1.54, 1.807) is 0 Å².